The molecule has 0 unspecified atom stereocenters. The van der Waals surface area contributed by atoms with Crippen LogP contribution in [0.3, 0.4) is 0 Å². The van der Waals surface area contributed by atoms with Gasteiger partial charge in [-0.1, -0.05) is 52.0 Å². The number of benzene rings is 1. The Morgan fingerprint density at radius 2 is 1.50 bits per heavy atom. The van der Waals surface area contributed by atoms with Crippen LogP contribution in [0.5, 0.6) is 0 Å². The van der Waals surface area contributed by atoms with Gasteiger partial charge in [0.05, 0.1) is 0 Å². The summed E-state index contributed by atoms with van der Waals surface area (Å²) in [5.41, 5.74) is 2.68. The van der Waals surface area contributed by atoms with Crippen molar-refractivity contribution in [3.05, 3.63) is 59.6 Å². The predicted octanol–water partition coefficient (Wildman–Crippen LogP) is 5.29. The monoisotopic (exact) mass is 350 g/mol. The van der Waals surface area contributed by atoms with Crippen LogP contribution in [0.1, 0.15) is 56.7 Å². The molecule has 134 valence electrons. The number of hydrogen-bond acceptors (Lipinski definition) is 4. The van der Waals surface area contributed by atoms with Crippen LogP contribution in [-0.2, 0) is 0 Å². The number of hydrogen-bond donors (Lipinski definition) is 0. The summed E-state index contributed by atoms with van der Waals surface area (Å²) < 4.78 is 14.8. The minimum absolute atomic E-state index is 0.165. The number of nitrogens with zero attached hydrogens (tertiary/aromatic N) is 4. The molecule has 2 heterocycles. The first-order chi connectivity index (χ1) is 12.4. The van der Waals surface area contributed by atoms with Crippen LogP contribution in [0, 0.1) is 12.7 Å². The maximum absolute atomic E-state index is 14.8. The number of aromatic nitrogens is 4. The third-order valence-corrected chi connectivity index (χ3v) is 4.20. The first kappa shape index (κ1) is 18.1. The smallest absolute Gasteiger partial charge is 0.165 e. The average Bonchev–Trinajstić information content (AvgIpc) is 2.62. The minimum Gasteiger partial charge on any atom is -0.252 e. The van der Waals surface area contributed by atoms with E-state index >= 15 is 0 Å². The molecule has 0 amide bonds. The molecule has 3 rings (SSSR count). The maximum Gasteiger partial charge on any atom is 0.165 e. The second-order valence-electron chi connectivity index (χ2n) is 7.05. The van der Waals surface area contributed by atoms with Crippen molar-refractivity contribution in [2.75, 3.05) is 0 Å². The molecule has 5 heteroatoms. The Morgan fingerprint density at radius 3 is 2.04 bits per heavy atom. The summed E-state index contributed by atoms with van der Waals surface area (Å²) in [6, 6.07) is 9.08. The van der Waals surface area contributed by atoms with Gasteiger partial charge in [0.2, 0.25) is 0 Å². The summed E-state index contributed by atoms with van der Waals surface area (Å²) in [7, 11) is 0. The molecule has 0 aliphatic heterocycles. The van der Waals surface area contributed by atoms with Gasteiger partial charge in [-0.15, -0.1) is 0 Å². The van der Waals surface area contributed by atoms with Crippen molar-refractivity contribution >= 4 is 0 Å². The number of pyridine rings is 1. The van der Waals surface area contributed by atoms with Crippen molar-refractivity contribution in [2.45, 2.75) is 46.5 Å². The molecule has 0 saturated heterocycles. The Labute approximate surface area is 153 Å². The average molecular weight is 350 g/mol. The van der Waals surface area contributed by atoms with E-state index in [1.165, 1.54) is 6.07 Å². The second kappa shape index (κ2) is 7.28. The Balaban J connectivity index is 2.08. The molecule has 0 radical (unpaired) electrons. The molecule has 0 aliphatic rings. The number of halogens is 1. The lowest BCUT2D eigenvalue weighted by atomic mass is 10.0. The van der Waals surface area contributed by atoms with Crippen LogP contribution < -0.4 is 0 Å². The second-order valence-corrected chi connectivity index (χ2v) is 7.05. The first-order valence-electron chi connectivity index (χ1n) is 8.84. The van der Waals surface area contributed by atoms with E-state index < -0.39 is 0 Å². The third-order valence-electron chi connectivity index (χ3n) is 4.20. The minimum atomic E-state index is -0.380. The zero-order valence-electron chi connectivity index (χ0n) is 15.8. The SMILES string of the molecule is Cc1ccccc1-c1ncc(-c2nc(C(C)C)nc(C(C)C)n2)cc1F. The van der Waals surface area contributed by atoms with Crippen LogP contribution in [-0.4, -0.2) is 19.9 Å². The Hall–Kier alpha value is -2.69. The largest absolute Gasteiger partial charge is 0.252 e. The molecule has 0 spiro atoms. The van der Waals surface area contributed by atoms with Crippen molar-refractivity contribution in [1.82, 2.24) is 19.9 Å². The van der Waals surface area contributed by atoms with Crippen molar-refractivity contribution in [3.8, 4) is 22.6 Å². The molecule has 3 aromatic rings. The molecule has 1 aromatic carbocycles. The van der Waals surface area contributed by atoms with E-state index in [1.54, 1.807) is 6.20 Å². The highest BCUT2D eigenvalue weighted by molar-refractivity contribution is 5.66. The van der Waals surface area contributed by atoms with E-state index in [9.17, 15) is 4.39 Å². The van der Waals surface area contributed by atoms with E-state index in [1.807, 2.05) is 58.9 Å². The normalized spacial score (nSPS) is 11.4. The van der Waals surface area contributed by atoms with Gasteiger partial charge in [-0.3, -0.25) is 4.98 Å². The van der Waals surface area contributed by atoms with Gasteiger partial charge in [0.1, 0.15) is 23.2 Å². The van der Waals surface area contributed by atoms with E-state index in [2.05, 4.69) is 19.9 Å². The van der Waals surface area contributed by atoms with E-state index in [0.29, 0.717) is 28.7 Å². The number of rotatable bonds is 4. The molecule has 0 fully saturated rings. The lowest BCUT2D eigenvalue weighted by Gasteiger charge is -2.12. The van der Waals surface area contributed by atoms with Crippen LogP contribution in [0.2, 0.25) is 0 Å². The van der Waals surface area contributed by atoms with Crippen LogP contribution in [0.25, 0.3) is 22.6 Å². The summed E-state index contributed by atoms with van der Waals surface area (Å²) in [6.07, 6.45) is 1.63. The Morgan fingerprint density at radius 1 is 0.885 bits per heavy atom. The molecular formula is C21H23FN4. The molecule has 0 aliphatic carbocycles. The van der Waals surface area contributed by atoms with Crippen molar-refractivity contribution in [1.29, 1.82) is 0 Å². The van der Waals surface area contributed by atoms with Gasteiger partial charge >= 0.3 is 0 Å². The van der Waals surface area contributed by atoms with E-state index in [0.717, 1.165) is 11.1 Å². The Bertz CT molecular complexity index is 909. The summed E-state index contributed by atoms with van der Waals surface area (Å²) in [5, 5.41) is 0. The fourth-order valence-corrected chi connectivity index (χ4v) is 2.65. The summed E-state index contributed by atoms with van der Waals surface area (Å²) >= 11 is 0. The summed E-state index contributed by atoms with van der Waals surface area (Å²) in [5.74, 6) is 1.84. The molecule has 26 heavy (non-hydrogen) atoms. The lowest BCUT2D eigenvalue weighted by molar-refractivity contribution is 0.625. The highest BCUT2D eigenvalue weighted by Crippen LogP contribution is 2.27. The highest BCUT2D eigenvalue weighted by Gasteiger charge is 2.16. The van der Waals surface area contributed by atoms with Crippen LogP contribution in [0.4, 0.5) is 4.39 Å². The predicted molar refractivity (Wildman–Crippen MR) is 101 cm³/mol. The summed E-state index contributed by atoms with van der Waals surface area (Å²) in [4.78, 5) is 17.9. The summed E-state index contributed by atoms with van der Waals surface area (Å²) in [6.45, 7) is 10.1. The molecule has 0 N–H and O–H groups in total. The van der Waals surface area contributed by atoms with E-state index in [-0.39, 0.29) is 17.7 Å². The van der Waals surface area contributed by atoms with Crippen LogP contribution in [0.15, 0.2) is 36.5 Å². The van der Waals surface area contributed by atoms with Gasteiger partial charge in [-0.25, -0.2) is 19.3 Å². The van der Waals surface area contributed by atoms with Gasteiger partial charge in [-0.05, 0) is 18.6 Å². The fraction of sp³-hybridized carbons (Fsp3) is 0.333. The zero-order chi connectivity index (χ0) is 18.8. The molecule has 2 aromatic heterocycles. The van der Waals surface area contributed by atoms with Gasteiger partial charge < -0.3 is 0 Å². The number of aryl methyl sites for hydroxylation is 1. The van der Waals surface area contributed by atoms with Gasteiger partial charge in [0.15, 0.2) is 5.82 Å². The quantitative estimate of drug-likeness (QED) is 0.641. The van der Waals surface area contributed by atoms with Crippen molar-refractivity contribution in [2.24, 2.45) is 0 Å². The topological polar surface area (TPSA) is 51.6 Å². The maximum atomic E-state index is 14.8. The highest BCUT2D eigenvalue weighted by atomic mass is 19.1. The Kier molecular flexibility index (Phi) is 5.07. The van der Waals surface area contributed by atoms with Crippen molar-refractivity contribution < 1.29 is 4.39 Å². The molecule has 4 nitrogen and oxygen atoms in total. The lowest BCUT2D eigenvalue weighted by Crippen LogP contribution is -2.08. The van der Waals surface area contributed by atoms with Gasteiger partial charge in [-0.2, -0.15) is 0 Å². The first-order valence-corrected chi connectivity index (χ1v) is 8.84. The van der Waals surface area contributed by atoms with Gasteiger partial charge in [0, 0.05) is 29.2 Å². The molecular weight excluding hydrogens is 327 g/mol. The molecule has 0 bridgehead atoms. The standard InChI is InChI=1S/C21H23FN4/c1-12(2)19-24-20(13(3)4)26-21(25-19)15-10-17(22)18(23-11-15)16-9-7-6-8-14(16)5/h6-13H,1-5H3. The third kappa shape index (κ3) is 3.62. The van der Waals surface area contributed by atoms with E-state index in [4.69, 9.17) is 0 Å². The zero-order valence-corrected chi connectivity index (χ0v) is 15.8. The molecule has 0 saturated carbocycles. The van der Waals surface area contributed by atoms with Gasteiger partial charge in [0.25, 0.3) is 0 Å². The van der Waals surface area contributed by atoms with Crippen molar-refractivity contribution in [3.63, 3.8) is 0 Å². The fourth-order valence-electron chi connectivity index (χ4n) is 2.65. The van der Waals surface area contributed by atoms with Crippen LogP contribution >= 0.6 is 0 Å². The molecule has 0 atom stereocenters.